The molecule has 0 aliphatic carbocycles. The summed E-state index contributed by atoms with van der Waals surface area (Å²) >= 11 is 3.19. The fraction of sp³-hybridized carbons (Fsp3) is 0.294. The fourth-order valence-corrected chi connectivity index (χ4v) is 2.53. The van der Waals surface area contributed by atoms with E-state index in [1.807, 2.05) is 19.1 Å². The van der Waals surface area contributed by atoms with Gasteiger partial charge in [-0.15, -0.1) is 0 Å². The van der Waals surface area contributed by atoms with Crippen molar-refractivity contribution in [2.24, 2.45) is 0 Å². The maximum absolute atomic E-state index is 13.2. The van der Waals surface area contributed by atoms with Gasteiger partial charge in [-0.1, -0.05) is 31.2 Å². The summed E-state index contributed by atoms with van der Waals surface area (Å²) in [7, 11) is 0. The Kier molecular flexibility index (Phi) is 5.76. The molecule has 2 rings (SSSR count). The molecule has 0 atom stereocenters. The Hall–Kier alpha value is -1.39. The van der Waals surface area contributed by atoms with E-state index in [4.69, 9.17) is 4.74 Å². The van der Waals surface area contributed by atoms with Crippen molar-refractivity contribution in [3.05, 3.63) is 63.4 Å². The number of ether oxygens (including phenoxy) is 1. The zero-order valence-corrected chi connectivity index (χ0v) is 13.8. The van der Waals surface area contributed by atoms with Crippen LogP contribution in [0.2, 0.25) is 0 Å². The third-order valence-corrected chi connectivity index (χ3v) is 3.83. The maximum Gasteiger partial charge on any atom is 0.137 e. The normalized spacial score (nSPS) is 10.7. The summed E-state index contributed by atoms with van der Waals surface area (Å²) in [5, 5.41) is 3.31. The first-order valence-corrected chi connectivity index (χ1v) is 7.77. The third-order valence-electron chi connectivity index (χ3n) is 3.23. The molecule has 0 heterocycles. The highest BCUT2D eigenvalue weighted by molar-refractivity contribution is 9.10. The van der Waals surface area contributed by atoms with Crippen molar-refractivity contribution in [3.8, 4) is 5.75 Å². The van der Waals surface area contributed by atoms with Gasteiger partial charge in [0.2, 0.25) is 0 Å². The van der Waals surface area contributed by atoms with Crippen molar-refractivity contribution in [3.63, 3.8) is 0 Å². The molecule has 2 aromatic carbocycles. The van der Waals surface area contributed by atoms with E-state index in [0.29, 0.717) is 11.1 Å². The highest BCUT2D eigenvalue weighted by Gasteiger charge is 2.08. The maximum atomic E-state index is 13.2. The SMILES string of the molecule is CCNCc1cccc(C)c1OCc1ccc(F)c(Br)c1. The van der Waals surface area contributed by atoms with Crippen molar-refractivity contribution in [2.45, 2.75) is 27.0 Å². The van der Waals surface area contributed by atoms with Crippen LogP contribution in [0.5, 0.6) is 5.75 Å². The number of hydrogen-bond acceptors (Lipinski definition) is 2. The minimum absolute atomic E-state index is 0.262. The molecule has 2 aromatic rings. The lowest BCUT2D eigenvalue weighted by Crippen LogP contribution is -2.13. The lowest BCUT2D eigenvalue weighted by Gasteiger charge is -2.14. The van der Waals surface area contributed by atoms with E-state index in [1.165, 1.54) is 6.07 Å². The predicted molar refractivity (Wildman–Crippen MR) is 87.0 cm³/mol. The van der Waals surface area contributed by atoms with Crippen LogP contribution in [0.1, 0.15) is 23.6 Å². The van der Waals surface area contributed by atoms with Crippen molar-refractivity contribution in [1.29, 1.82) is 0 Å². The molecule has 0 bridgehead atoms. The van der Waals surface area contributed by atoms with E-state index in [0.717, 1.165) is 35.5 Å². The van der Waals surface area contributed by atoms with Crippen molar-refractivity contribution < 1.29 is 9.13 Å². The number of halogens is 2. The van der Waals surface area contributed by atoms with Gasteiger partial charge in [0.1, 0.15) is 18.2 Å². The Bertz CT molecular complexity index is 616. The molecule has 0 unspecified atom stereocenters. The summed E-state index contributed by atoms with van der Waals surface area (Å²) in [6, 6.07) is 11.1. The van der Waals surface area contributed by atoms with Gasteiger partial charge < -0.3 is 10.1 Å². The summed E-state index contributed by atoms with van der Waals surface area (Å²) in [6.45, 7) is 6.22. The average molecular weight is 352 g/mol. The van der Waals surface area contributed by atoms with Crippen LogP contribution in [0.4, 0.5) is 4.39 Å². The number of hydrogen-bond donors (Lipinski definition) is 1. The monoisotopic (exact) mass is 351 g/mol. The van der Waals surface area contributed by atoms with E-state index in [2.05, 4.69) is 34.2 Å². The van der Waals surface area contributed by atoms with Crippen molar-refractivity contribution in [1.82, 2.24) is 5.32 Å². The number of rotatable bonds is 6. The van der Waals surface area contributed by atoms with Gasteiger partial charge in [0, 0.05) is 12.1 Å². The van der Waals surface area contributed by atoms with Gasteiger partial charge in [-0.2, -0.15) is 0 Å². The van der Waals surface area contributed by atoms with Crippen LogP contribution in [0.15, 0.2) is 40.9 Å². The van der Waals surface area contributed by atoms with E-state index in [-0.39, 0.29) is 5.82 Å². The van der Waals surface area contributed by atoms with E-state index < -0.39 is 0 Å². The van der Waals surface area contributed by atoms with E-state index in [1.54, 1.807) is 12.1 Å². The van der Waals surface area contributed by atoms with E-state index >= 15 is 0 Å². The van der Waals surface area contributed by atoms with Gasteiger partial charge in [-0.25, -0.2) is 4.39 Å². The molecule has 0 radical (unpaired) electrons. The Labute approximate surface area is 133 Å². The van der Waals surface area contributed by atoms with Crippen LogP contribution >= 0.6 is 15.9 Å². The molecule has 0 saturated carbocycles. The molecule has 0 amide bonds. The molecule has 0 aliphatic rings. The molecule has 1 N–H and O–H groups in total. The smallest absolute Gasteiger partial charge is 0.137 e. The van der Waals surface area contributed by atoms with Crippen LogP contribution in [-0.4, -0.2) is 6.54 Å². The standard InChI is InChI=1S/C17H19BrFNO/c1-3-20-10-14-6-4-5-12(2)17(14)21-11-13-7-8-16(19)15(18)9-13/h4-9,20H,3,10-11H2,1-2H3. The first kappa shape index (κ1) is 16.0. The van der Waals surface area contributed by atoms with Gasteiger partial charge in [-0.05, 0) is 52.7 Å². The highest BCUT2D eigenvalue weighted by Crippen LogP contribution is 2.25. The second-order valence-corrected chi connectivity index (χ2v) is 5.73. The summed E-state index contributed by atoms with van der Waals surface area (Å²) in [5.41, 5.74) is 3.17. The zero-order valence-electron chi connectivity index (χ0n) is 12.2. The minimum Gasteiger partial charge on any atom is -0.488 e. The fourth-order valence-electron chi connectivity index (χ4n) is 2.10. The van der Waals surface area contributed by atoms with Crippen molar-refractivity contribution >= 4 is 15.9 Å². The van der Waals surface area contributed by atoms with Gasteiger partial charge >= 0.3 is 0 Å². The first-order chi connectivity index (χ1) is 10.1. The highest BCUT2D eigenvalue weighted by atomic mass is 79.9. The number of para-hydroxylation sites is 1. The topological polar surface area (TPSA) is 21.3 Å². The average Bonchev–Trinajstić information content (AvgIpc) is 2.47. The molecule has 0 aliphatic heterocycles. The number of benzene rings is 2. The molecule has 4 heteroatoms. The largest absolute Gasteiger partial charge is 0.488 e. The van der Waals surface area contributed by atoms with Crippen LogP contribution < -0.4 is 10.1 Å². The Morgan fingerprint density at radius 3 is 2.76 bits per heavy atom. The predicted octanol–water partition coefficient (Wildman–Crippen LogP) is 4.59. The zero-order chi connectivity index (χ0) is 15.2. The molecular formula is C17H19BrFNO. The molecule has 21 heavy (non-hydrogen) atoms. The van der Waals surface area contributed by atoms with E-state index in [9.17, 15) is 4.39 Å². The molecule has 0 aromatic heterocycles. The van der Waals surface area contributed by atoms with Gasteiger partial charge in [-0.3, -0.25) is 0 Å². The van der Waals surface area contributed by atoms with Crippen LogP contribution in [0.25, 0.3) is 0 Å². The van der Waals surface area contributed by atoms with Crippen LogP contribution in [0.3, 0.4) is 0 Å². The minimum atomic E-state index is -0.262. The summed E-state index contributed by atoms with van der Waals surface area (Å²) in [6.07, 6.45) is 0. The Morgan fingerprint density at radius 1 is 1.24 bits per heavy atom. The molecule has 0 spiro atoms. The van der Waals surface area contributed by atoms with Crippen LogP contribution in [0, 0.1) is 12.7 Å². The summed E-state index contributed by atoms with van der Waals surface area (Å²) in [5.74, 6) is 0.640. The molecule has 0 fully saturated rings. The second-order valence-electron chi connectivity index (χ2n) is 4.88. The van der Waals surface area contributed by atoms with Gasteiger partial charge in [0.25, 0.3) is 0 Å². The molecule has 0 saturated heterocycles. The molecule has 112 valence electrons. The van der Waals surface area contributed by atoms with Crippen molar-refractivity contribution in [2.75, 3.05) is 6.54 Å². The molecule has 2 nitrogen and oxygen atoms in total. The van der Waals surface area contributed by atoms with Crippen LogP contribution in [-0.2, 0) is 13.2 Å². The summed E-state index contributed by atoms with van der Waals surface area (Å²) in [4.78, 5) is 0. The first-order valence-electron chi connectivity index (χ1n) is 6.97. The third kappa shape index (κ3) is 4.29. The lowest BCUT2D eigenvalue weighted by molar-refractivity contribution is 0.300. The lowest BCUT2D eigenvalue weighted by atomic mass is 10.1. The summed E-state index contributed by atoms with van der Waals surface area (Å²) < 4.78 is 19.7. The number of aryl methyl sites for hydroxylation is 1. The number of nitrogens with one attached hydrogen (secondary N) is 1. The Morgan fingerprint density at radius 2 is 2.05 bits per heavy atom. The van der Waals surface area contributed by atoms with Gasteiger partial charge in [0.15, 0.2) is 0 Å². The Balaban J connectivity index is 2.13. The second kappa shape index (κ2) is 7.57. The molecular weight excluding hydrogens is 333 g/mol. The van der Waals surface area contributed by atoms with Gasteiger partial charge in [0.05, 0.1) is 4.47 Å². The quantitative estimate of drug-likeness (QED) is 0.821.